The van der Waals surface area contributed by atoms with E-state index < -0.39 is 0 Å². The third-order valence-electron chi connectivity index (χ3n) is 0.433. The van der Waals surface area contributed by atoms with Crippen LogP contribution in [0.25, 0.3) is 0 Å². The summed E-state index contributed by atoms with van der Waals surface area (Å²) in [5.74, 6) is 6.31. The zero-order valence-electron chi connectivity index (χ0n) is 4.58. The fourth-order valence-corrected chi connectivity index (χ4v) is 0.289. The van der Waals surface area contributed by atoms with Crippen molar-refractivity contribution >= 4 is 0 Å². The Morgan fingerprint density at radius 2 is 1.83 bits per heavy atom. The van der Waals surface area contributed by atoms with Gasteiger partial charge in [-0.2, -0.15) is 0 Å². The van der Waals surface area contributed by atoms with E-state index in [4.69, 9.17) is 0 Å². The molecule has 0 heteroatoms. The van der Waals surface area contributed by atoms with Crippen molar-refractivity contribution in [3.05, 3.63) is 0 Å². The Morgan fingerprint density at radius 3 is 1.83 bits per heavy atom. The molecule has 0 nitrogen and oxygen atoms in total. The highest BCUT2D eigenvalue weighted by Gasteiger charge is 1.75. The van der Waals surface area contributed by atoms with Crippen molar-refractivity contribution in [3.8, 4) is 11.8 Å². The highest BCUT2D eigenvalue weighted by molar-refractivity contribution is 4.97. The lowest BCUT2D eigenvalue weighted by Crippen LogP contribution is -1.74. The Morgan fingerprint density at radius 1 is 1.33 bits per heavy atom. The van der Waals surface area contributed by atoms with Gasteiger partial charge < -0.3 is 0 Å². The smallest absolute Gasteiger partial charge is 0.0146 e. The van der Waals surface area contributed by atoms with Crippen LogP contribution in [0.5, 0.6) is 0 Å². The molecule has 0 fully saturated rings. The molecule has 0 aliphatic carbocycles. The zero-order chi connectivity index (χ0) is 4.99. The van der Waals surface area contributed by atoms with Crippen molar-refractivity contribution in [3.63, 3.8) is 0 Å². The van der Waals surface area contributed by atoms with Crippen LogP contribution in [0.3, 0.4) is 0 Å². The second-order valence-corrected chi connectivity index (χ2v) is 1.55. The van der Waals surface area contributed by atoms with Crippen LogP contribution < -0.4 is 0 Å². The Balaban J connectivity index is 3.20. The Labute approximate surface area is 39.6 Å². The molecule has 0 aromatic carbocycles. The molecule has 0 atom stereocenters. The van der Waals surface area contributed by atoms with Gasteiger partial charge in [0.05, 0.1) is 0 Å². The average Bonchev–Trinajstić information content (AvgIpc) is 1.35. The molecule has 0 aromatic rings. The summed E-state index contributed by atoms with van der Waals surface area (Å²) in [5, 5.41) is 0. The van der Waals surface area contributed by atoms with Gasteiger partial charge in [0.15, 0.2) is 0 Å². The van der Waals surface area contributed by atoms with Gasteiger partial charge in [0.2, 0.25) is 0 Å². The largest absolute Gasteiger partial charge is 0.106 e. The van der Waals surface area contributed by atoms with Crippen LogP contribution in [0.15, 0.2) is 0 Å². The highest BCUT2D eigenvalue weighted by Crippen LogP contribution is 1.83. The van der Waals surface area contributed by atoms with Crippen LogP contribution in [0.1, 0.15) is 20.8 Å². The van der Waals surface area contributed by atoms with Crippen molar-refractivity contribution in [1.82, 2.24) is 0 Å². The van der Waals surface area contributed by atoms with Gasteiger partial charge in [0, 0.05) is 5.92 Å². The summed E-state index contributed by atoms with van der Waals surface area (Å²) < 4.78 is 0. The Hall–Kier alpha value is -0.440. The van der Waals surface area contributed by atoms with Crippen molar-refractivity contribution in [2.45, 2.75) is 20.8 Å². The van der Waals surface area contributed by atoms with E-state index in [-0.39, 0.29) is 0 Å². The number of hydrogen-bond acceptors (Lipinski definition) is 0. The predicted molar refractivity (Wildman–Crippen MR) is 28.3 cm³/mol. The van der Waals surface area contributed by atoms with Crippen LogP contribution >= 0.6 is 0 Å². The standard InChI is InChI=1S/C6H10/c1-4-5-6(2)3/h6H,1-3H3. The van der Waals surface area contributed by atoms with E-state index in [1.54, 1.807) is 0 Å². The van der Waals surface area contributed by atoms with E-state index in [1.165, 1.54) is 0 Å². The molecule has 0 unspecified atom stereocenters. The van der Waals surface area contributed by atoms with Crippen molar-refractivity contribution in [1.29, 1.82) is 0 Å². The monoisotopic (exact) mass is 82.1 g/mol. The average molecular weight is 82.1 g/mol. The molecule has 0 aromatic heterocycles. The molecule has 0 spiro atoms. The SMILES string of the molecule is CC#CC(C)C. The second kappa shape index (κ2) is 2.78. The molecule has 6 heavy (non-hydrogen) atoms. The lowest BCUT2D eigenvalue weighted by molar-refractivity contribution is 0.866. The number of rotatable bonds is 0. The Kier molecular flexibility index (Phi) is 2.58. The first-order valence-electron chi connectivity index (χ1n) is 2.19. The molecule has 0 N–H and O–H groups in total. The molecule has 0 rings (SSSR count). The van der Waals surface area contributed by atoms with Gasteiger partial charge in [-0.25, -0.2) is 0 Å². The first kappa shape index (κ1) is 5.56. The summed E-state index contributed by atoms with van der Waals surface area (Å²) in [6, 6.07) is 0. The van der Waals surface area contributed by atoms with Crippen molar-refractivity contribution < 1.29 is 0 Å². The third kappa shape index (κ3) is 3.56. The summed E-state index contributed by atoms with van der Waals surface area (Å²) >= 11 is 0. The van der Waals surface area contributed by atoms with Gasteiger partial charge in [0.25, 0.3) is 0 Å². The normalized spacial score (nSPS) is 7.33. The molecular formula is C6H10. The minimum absolute atomic E-state index is 0.537. The fraction of sp³-hybridized carbons (Fsp3) is 0.667. The molecule has 34 valence electrons. The summed E-state index contributed by atoms with van der Waals surface area (Å²) in [5.41, 5.74) is 0. The van der Waals surface area contributed by atoms with Crippen LogP contribution in [0.4, 0.5) is 0 Å². The molecule has 0 amide bonds. The van der Waals surface area contributed by atoms with Crippen molar-refractivity contribution in [2.24, 2.45) is 5.92 Å². The van der Waals surface area contributed by atoms with Gasteiger partial charge >= 0.3 is 0 Å². The molecule has 0 bridgehead atoms. The van der Waals surface area contributed by atoms with Gasteiger partial charge in [0.1, 0.15) is 0 Å². The first-order valence-corrected chi connectivity index (χ1v) is 2.19. The third-order valence-corrected chi connectivity index (χ3v) is 0.433. The topological polar surface area (TPSA) is 0 Å². The molecule has 0 radical (unpaired) electrons. The maximum Gasteiger partial charge on any atom is 0.0146 e. The Bertz CT molecular complexity index is 69.8. The lowest BCUT2D eigenvalue weighted by Gasteiger charge is -1.82. The van der Waals surface area contributed by atoms with E-state index in [2.05, 4.69) is 25.7 Å². The van der Waals surface area contributed by atoms with Crippen LogP contribution in [-0.2, 0) is 0 Å². The molecule has 0 saturated heterocycles. The summed E-state index contributed by atoms with van der Waals surface area (Å²) in [6.07, 6.45) is 0. The van der Waals surface area contributed by atoms with Gasteiger partial charge in [-0.05, 0) is 6.92 Å². The van der Waals surface area contributed by atoms with Crippen molar-refractivity contribution in [2.75, 3.05) is 0 Å². The lowest BCUT2D eigenvalue weighted by atomic mass is 10.2. The van der Waals surface area contributed by atoms with E-state index in [0.717, 1.165) is 0 Å². The van der Waals surface area contributed by atoms with Gasteiger partial charge in [-0.3, -0.25) is 0 Å². The minimum Gasteiger partial charge on any atom is -0.106 e. The quantitative estimate of drug-likeness (QED) is 0.390. The fourth-order valence-electron chi connectivity index (χ4n) is 0.289. The molecule has 0 aliphatic heterocycles. The summed E-state index contributed by atoms with van der Waals surface area (Å²) in [7, 11) is 0. The van der Waals surface area contributed by atoms with E-state index in [0.29, 0.717) is 5.92 Å². The number of hydrogen-bond donors (Lipinski definition) is 0. The summed E-state index contributed by atoms with van der Waals surface area (Å²) in [4.78, 5) is 0. The molecule has 0 heterocycles. The van der Waals surface area contributed by atoms with Crippen LogP contribution in [-0.4, -0.2) is 0 Å². The maximum atomic E-state index is 2.96. The first-order chi connectivity index (χ1) is 2.77. The van der Waals surface area contributed by atoms with Gasteiger partial charge in [-0.1, -0.05) is 13.8 Å². The van der Waals surface area contributed by atoms with E-state index in [9.17, 15) is 0 Å². The van der Waals surface area contributed by atoms with Gasteiger partial charge in [-0.15, -0.1) is 11.8 Å². The van der Waals surface area contributed by atoms with E-state index >= 15 is 0 Å². The molecular weight excluding hydrogens is 72.1 g/mol. The minimum atomic E-state index is 0.537. The predicted octanol–water partition coefficient (Wildman–Crippen LogP) is 1.67. The second-order valence-electron chi connectivity index (χ2n) is 1.55. The zero-order valence-corrected chi connectivity index (χ0v) is 4.58. The maximum absolute atomic E-state index is 2.96. The van der Waals surface area contributed by atoms with E-state index in [1.807, 2.05) is 6.92 Å². The highest BCUT2D eigenvalue weighted by atomic mass is 13.8. The van der Waals surface area contributed by atoms with Crippen LogP contribution in [0, 0.1) is 17.8 Å². The molecule has 0 aliphatic rings. The van der Waals surface area contributed by atoms with Crippen LogP contribution in [0.2, 0.25) is 0 Å². The summed E-state index contributed by atoms with van der Waals surface area (Å²) in [6.45, 7) is 6.02. The molecule has 0 saturated carbocycles.